The van der Waals surface area contributed by atoms with E-state index in [-0.39, 0.29) is 50.6 Å². The Morgan fingerprint density at radius 1 is 0.306 bits per heavy atom. The molecule has 0 spiro atoms. The SMILES string of the molecule is [2H]c1c([2H])c([2H])c2c(c1[2H])c1c([2H])c([2H])c([2H])c([2H])c1n2-c1ccc2c(c1)N(c1cc(-c3ccccc3)cc(-c3ccccc3)c1)c1cc(C3c4ccccc4Cc4ccccc43)cc3c1N2c1ccc(-c2cc(C(C)(C)C)cc(C(C)(C)C)c2)cc1N3c1cc(-c2ccccc2)cc(-c2ccccc2)c1. The van der Waals surface area contributed by atoms with E-state index in [9.17, 15) is 8.22 Å². The molecule has 14 aromatic carbocycles. The second-order valence-electron chi connectivity index (χ2n) is 28.4. The van der Waals surface area contributed by atoms with Gasteiger partial charge in [0.2, 0.25) is 0 Å². The second-order valence-corrected chi connectivity index (χ2v) is 28.4. The molecule has 0 fully saturated rings. The van der Waals surface area contributed by atoms with E-state index in [2.05, 4.69) is 311 Å². The Bertz CT molecular complexity index is 5870. The fourth-order valence-electron chi connectivity index (χ4n) is 15.3. The summed E-state index contributed by atoms with van der Waals surface area (Å²) in [6, 6.07) is 95.2. The molecule has 1 aromatic heterocycles. The molecule has 0 amide bonds. The number of fused-ring (bicyclic) bond motifs is 9. The monoisotopic (exact) mass is 1270 g/mol. The van der Waals surface area contributed by atoms with Gasteiger partial charge in [-0.2, -0.15) is 0 Å². The third-order valence-corrected chi connectivity index (χ3v) is 20.2. The van der Waals surface area contributed by atoms with E-state index in [1.165, 1.54) is 33.4 Å². The van der Waals surface area contributed by atoms with Crippen LogP contribution in [-0.4, -0.2) is 4.57 Å². The molecule has 1 aliphatic carbocycles. The summed E-state index contributed by atoms with van der Waals surface area (Å²) in [5.41, 5.74) is 26.7. The van der Waals surface area contributed by atoms with Crippen molar-refractivity contribution in [3.63, 3.8) is 0 Å². The molecular weight excluding hydrogens is 1190 g/mol. The van der Waals surface area contributed by atoms with Crippen LogP contribution in [0.25, 0.3) is 83.1 Å². The Morgan fingerprint density at radius 2 is 0.704 bits per heavy atom. The molecule has 0 bridgehead atoms. The van der Waals surface area contributed by atoms with Gasteiger partial charge >= 0.3 is 0 Å². The van der Waals surface area contributed by atoms with Crippen LogP contribution in [0, 0.1) is 0 Å². The van der Waals surface area contributed by atoms with Crippen molar-refractivity contribution in [3.8, 4) is 61.3 Å². The summed E-state index contributed by atoms with van der Waals surface area (Å²) in [4.78, 5) is 7.30. The molecule has 4 heteroatoms. The van der Waals surface area contributed by atoms with Crippen LogP contribution in [0.2, 0.25) is 0 Å². The van der Waals surface area contributed by atoms with E-state index < -0.39 is 36.3 Å². The van der Waals surface area contributed by atoms with Crippen molar-refractivity contribution in [2.45, 2.75) is 64.7 Å². The van der Waals surface area contributed by atoms with Crippen LogP contribution in [0.5, 0.6) is 0 Å². The average molecular weight is 1270 g/mol. The third kappa shape index (κ3) is 9.96. The van der Waals surface area contributed by atoms with Crippen LogP contribution >= 0.6 is 0 Å². The second kappa shape index (κ2) is 23.0. The van der Waals surface area contributed by atoms with Gasteiger partial charge in [-0.25, -0.2) is 0 Å². The highest BCUT2D eigenvalue weighted by atomic mass is 15.3. The molecule has 3 heterocycles. The van der Waals surface area contributed by atoms with Gasteiger partial charge in [0.1, 0.15) is 0 Å². The molecule has 0 saturated carbocycles. The number of anilines is 9. The van der Waals surface area contributed by atoms with Crippen LogP contribution in [0.4, 0.5) is 51.2 Å². The third-order valence-electron chi connectivity index (χ3n) is 20.2. The van der Waals surface area contributed by atoms with Gasteiger partial charge in [0, 0.05) is 33.8 Å². The Labute approximate surface area is 586 Å². The van der Waals surface area contributed by atoms with Gasteiger partial charge in [-0.15, -0.1) is 0 Å². The Morgan fingerprint density at radius 3 is 1.15 bits per heavy atom. The zero-order valence-electron chi connectivity index (χ0n) is 63.6. The minimum Gasteiger partial charge on any atom is -0.309 e. The molecule has 2 aliphatic heterocycles. The van der Waals surface area contributed by atoms with E-state index in [0.717, 1.165) is 113 Å². The summed E-state index contributed by atoms with van der Waals surface area (Å²) in [6.45, 7) is 13.7. The van der Waals surface area contributed by atoms with E-state index in [4.69, 9.17) is 2.74 Å². The van der Waals surface area contributed by atoms with Gasteiger partial charge in [-0.3, -0.25) is 0 Å². The highest BCUT2D eigenvalue weighted by Gasteiger charge is 2.42. The standard InChI is InChI=1S/C94H74N4/c1-93(2,3)74-50-72(51-75(59-74)94(4,5)6)65-43-45-85-87(56-65)96(77-52-68(61-27-11-7-12-28-61)48-69(53-77)62-29-13-8-14-30-62)89-57-73(91-79-37-21-19-35-66(79)47-67-36-20-22-38-80(67)91)58-90-92(89)98(85)86-46-44-76(95-83-41-25-23-39-81(83)82-40-24-26-42-84(82)95)60-88(86)97(90)78-54-70(63-31-15-9-16-32-63)49-71(55-78)64-33-17-10-18-34-64/h7-46,48-60,91H,47H2,1-6H3/i23D,24D,25D,26D,39D,40D,41D,42D. The van der Waals surface area contributed by atoms with E-state index in [0.29, 0.717) is 11.4 Å². The molecule has 3 aliphatic rings. The first kappa shape index (κ1) is 50.7. The Kier molecular flexibility index (Phi) is 11.9. The van der Waals surface area contributed by atoms with E-state index in [1.807, 2.05) is 18.2 Å². The fraction of sp³-hybridized carbons (Fsp3) is 0.106. The van der Waals surface area contributed by atoms with Crippen molar-refractivity contribution < 1.29 is 11.0 Å². The predicted molar refractivity (Wildman–Crippen MR) is 413 cm³/mol. The topological polar surface area (TPSA) is 14.7 Å². The number of para-hydroxylation sites is 2. The van der Waals surface area contributed by atoms with Gasteiger partial charge in [0.25, 0.3) is 0 Å². The molecule has 98 heavy (non-hydrogen) atoms. The van der Waals surface area contributed by atoms with Crippen molar-refractivity contribution in [2.24, 2.45) is 0 Å². The number of hydrogen-bond donors (Lipinski definition) is 0. The minimum absolute atomic E-state index is 0.00795. The van der Waals surface area contributed by atoms with Crippen molar-refractivity contribution in [2.75, 3.05) is 14.7 Å². The molecule has 0 unspecified atom stereocenters. The Hall–Kier alpha value is -11.7. The van der Waals surface area contributed by atoms with Gasteiger partial charge in [0.05, 0.1) is 61.8 Å². The lowest BCUT2D eigenvalue weighted by Gasteiger charge is -2.48. The van der Waals surface area contributed by atoms with Crippen LogP contribution in [-0.2, 0) is 17.3 Å². The number of rotatable bonds is 9. The molecular formula is C94H74N4. The molecule has 15 aromatic rings. The van der Waals surface area contributed by atoms with Gasteiger partial charge < -0.3 is 19.3 Å². The maximum Gasteiger partial charge on any atom is 0.0948 e. The zero-order chi connectivity index (χ0) is 72.9. The van der Waals surface area contributed by atoms with Gasteiger partial charge in [-0.1, -0.05) is 272 Å². The molecule has 0 N–H and O–H groups in total. The zero-order valence-corrected chi connectivity index (χ0v) is 55.6. The maximum atomic E-state index is 9.79. The highest BCUT2D eigenvalue weighted by molar-refractivity contribution is 6.15. The molecule has 470 valence electrons. The predicted octanol–water partition coefficient (Wildman–Crippen LogP) is 25.8. The molecule has 0 radical (unpaired) electrons. The fourth-order valence-corrected chi connectivity index (χ4v) is 15.3. The molecule has 18 rings (SSSR count). The summed E-state index contributed by atoms with van der Waals surface area (Å²) < 4.78 is 76.8. The lowest BCUT2D eigenvalue weighted by Crippen LogP contribution is -2.31. The smallest absolute Gasteiger partial charge is 0.0948 e. The van der Waals surface area contributed by atoms with Crippen molar-refractivity contribution in [3.05, 3.63) is 360 Å². The lowest BCUT2D eigenvalue weighted by atomic mass is 9.74. The number of hydrogen-bond acceptors (Lipinski definition) is 3. The summed E-state index contributed by atoms with van der Waals surface area (Å²) in [7, 11) is 0. The van der Waals surface area contributed by atoms with Crippen LogP contribution in [0.1, 0.15) is 97.4 Å². The maximum absolute atomic E-state index is 9.79. The summed E-state index contributed by atoms with van der Waals surface area (Å²) in [6.07, 6.45) is 0.775. The lowest BCUT2D eigenvalue weighted by molar-refractivity contribution is 0.569. The normalized spacial score (nSPS) is 14.4. The first-order valence-corrected chi connectivity index (χ1v) is 33.9. The molecule has 4 nitrogen and oxygen atoms in total. The largest absolute Gasteiger partial charge is 0.309 e. The van der Waals surface area contributed by atoms with E-state index >= 15 is 0 Å². The Balaban J connectivity index is 1.02. The van der Waals surface area contributed by atoms with Gasteiger partial charge in [-0.05, 0) is 203 Å². The minimum atomic E-state index is -0.500. The number of aromatic nitrogens is 1. The van der Waals surface area contributed by atoms with Gasteiger partial charge in [0.15, 0.2) is 0 Å². The first-order valence-electron chi connectivity index (χ1n) is 37.9. The summed E-state index contributed by atoms with van der Waals surface area (Å²) in [5, 5.41) is 0.0159. The first-order chi connectivity index (χ1) is 51.2. The van der Waals surface area contributed by atoms with Crippen molar-refractivity contribution >= 4 is 73.0 Å². The quantitative estimate of drug-likeness (QED) is 0.143. The van der Waals surface area contributed by atoms with Crippen LogP contribution in [0.3, 0.4) is 0 Å². The summed E-state index contributed by atoms with van der Waals surface area (Å²) >= 11 is 0. The van der Waals surface area contributed by atoms with E-state index in [1.54, 1.807) is 4.57 Å². The molecule has 0 saturated heterocycles. The number of nitrogens with zero attached hydrogens (tertiary/aromatic N) is 4. The van der Waals surface area contributed by atoms with Crippen molar-refractivity contribution in [1.29, 1.82) is 0 Å². The highest BCUT2D eigenvalue weighted by Crippen LogP contribution is 2.66. The number of benzene rings is 14. The van der Waals surface area contributed by atoms with Crippen molar-refractivity contribution in [1.82, 2.24) is 4.57 Å². The summed E-state index contributed by atoms with van der Waals surface area (Å²) in [5.74, 6) is -0.258. The average Bonchev–Trinajstić information content (AvgIpc) is 0.782. The van der Waals surface area contributed by atoms with Crippen LogP contribution in [0.15, 0.2) is 321 Å². The molecule has 0 atom stereocenters. The van der Waals surface area contributed by atoms with Crippen LogP contribution < -0.4 is 14.7 Å².